The first-order valence-electron chi connectivity index (χ1n) is 9.38. The van der Waals surface area contributed by atoms with Gasteiger partial charge in [0.25, 0.3) is 17.7 Å². The van der Waals surface area contributed by atoms with Crippen LogP contribution in [0.4, 0.5) is 0 Å². The largest absolute Gasteiger partial charge is 0.370 e. The Morgan fingerprint density at radius 2 is 1.62 bits per heavy atom. The van der Waals surface area contributed by atoms with Gasteiger partial charge in [-0.05, 0) is 36.8 Å². The molecule has 0 aliphatic rings. The van der Waals surface area contributed by atoms with E-state index in [1.807, 2.05) is 12.1 Å². The normalized spacial score (nSPS) is 11.6. The molecule has 0 spiro atoms. The third-order valence-corrected chi connectivity index (χ3v) is 6.37. The second-order valence-electron chi connectivity index (χ2n) is 6.72. The van der Waals surface area contributed by atoms with Crippen LogP contribution in [0.1, 0.15) is 32.9 Å². The molecule has 3 aromatic rings. The van der Waals surface area contributed by atoms with Crippen LogP contribution < -0.4 is 21.9 Å². The lowest BCUT2D eigenvalue weighted by Gasteiger charge is -2.18. The van der Waals surface area contributed by atoms with Crippen molar-refractivity contribution in [2.24, 2.45) is 5.73 Å². The van der Waals surface area contributed by atoms with E-state index >= 15 is 0 Å². The van der Waals surface area contributed by atoms with Crippen molar-refractivity contribution in [1.29, 1.82) is 0 Å². The van der Waals surface area contributed by atoms with Gasteiger partial charge in [0.05, 0.1) is 5.02 Å². The number of nitrogens with one attached hydrogen (secondary N) is 3. The Kier molecular flexibility index (Phi) is 7.68. The van der Waals surface area contributed by atoms with E-state index in [1.165, 1.54) is 35.6 Å². The van der Waals surface area contributed by atoms with Gasteiger partial charge in [-0.25, -0.2) is 0 Å². The van der Waals surface area contributed by atoms with E-state index in [1.54, 1.807) is 12.1 Å². The van der Waals surface area contributed by atoms with Crippen LogP contribution in [0, 0.1) is 0 Å². The van der Waals surface area contributed by atoms with Crippen LogP contribution in [0.15, 0.2) is 48.5 Å². The summed E-state index contributed by atoms with van der Waals surface area (Å²) in [6.45, 7) is 0. The van der Waals surface area contributed by atoms with Gasteiger partial charge in [0.2, 0.25) is 5.91 Å². The Balaban J connectivity index is 1.67. The Morgan fingerprint density at radius 1 is 0.938 bits per heavy atom. The van der Waals surface area contributed by atoms with Crippen LogP contribution in [0.3, 0.4) is 0 Å². The lowest BCUT2D eigenvalue weighted by Crippen LogP contribution is -2.52. The number of primary amides is 1. The van der Waals surface area contributed by atoms with E-state index in [4.69, 9.17) is 28.9 Å². The standard InChI is InChI=1S/C21H18Cl2N4O4S/c22-12-7-5-11(6-8-12)19(29)25-14(9-10-16(24)28)20(30)26-27-21(31)18-17(23)13-3-1-2-4-15(13)32-18/h1-8,14H,9-10H2,(H2,24,28)(H,25,29)(H,26,30)(H,27,31)/t14-/m1/s1. The van der Waals surface area contributed by atoms with Crippen molar-refractivity contribution in [1.82, 2.24) is 16.2 Å². The van der Waals surface area contributed by atoms with E-state index < -0.39 is 29.7 Å². The third kappa shape index (κ3) is 5.76. The lowest BCUT2D eigenvalue weighted by atomic mass is 10.1. The highest BCUT2D eigenvalue weighted by Gasteiger charge is 2.24. The van der Waals surface area contributed by atoms with Crippen LogP contribution >= 0.6 is 34.5 Å². The SMILES string of the molecule is NC(=O)CC[C@@H](NC(=O)c1ccc(Cl)cc1)C(=O)NNC(=O)c1sc2ccccc2c1Cl. The predicted molar refractivity (Wildman–Crippen MR) is 124 cm³/mol. The molecule has 4 amide bonds. The molecule has 0 unspecified atom stereocenters. The number of hydrazine groups is 1. The van der Waals surface area contributed by atoms with E-state index in [0.717, 1.165) is 10.1 Å². The molecule has 0 saturated heterocycles. The highest BCUT2D eigenvalue weighted by Crippen LogP contribution is 2.34. The molecule has 3 rings (SSSR count). The monoisotopic (exact) mass is 492 g/mol. The molecule has 11 heteroatoms. The molecule has 0 fully saturated rings. The second kappa shape index (κ2) is 10.4. The number of carbonyl (C=O) groups excluding carboxylic acids is 4. The number of carbonyl (C=O) groups is 4. The van der Waals surface area contributed by atoms with Crippen molar-refractivity contribution in [3.8, 4) is 0 Å². The molecule has 5 N–H and O–H groups in total. The summed E-state index contributed by atoms with van der Waals surface area (Å²) in [5, 5.41) is 3.98. The number of halogens is 2. The number of rotatable bonds is 7. The number of fused-ring (bicyclic) bond motifs is 1. The fourth-order valence-electron chi connectivity index (χ4n) is 2.82. The van der Waals surface area contributed by atoms with E-state index in [-0.39, 0.29) is 28.3 Å². The van der Waals surface area contributed by atoms with E-state index in [9.17, 15) is 19.2 Å². The van der Waals surface area contributed by atoms with Gasteiger partial charge >= 0.3 is 0 Å². The summed E-state index contributed by atoms with van der Waals surface area (Å²) < 4.78 is 0.823. The number of nitrogens with two attached hydrogens (primary N) is 1. The molecular weight excluding hydrogens is 475 g/mol. The van der Waals surface area contributed by atoms with Crippen molar-refractivity contribution in [2.75, 3.05) is 0 Å². The van der Waals surface area contributed by atoms with Crippen molar-refractivity contribution in [3.05, 3.63) is 69.0 Å². The molecule has 0 aliphatic carbocycles. The zero-order valence-electron chi connectivity index (χ0n) is 16.5. The van der Waals surface area contributed by atoms with Gasteiger partial charge in [-0.15, -0.1) is 11.3 Å². The predicted octanol–water partition coefficient (Wildman–Crippen LogP) is 3.03. The molecule has 0 aliphatic heterocycles. The maximum Gasteiger partial charge on any atom is 0.281 e. The average Bonchev–Trinajstić information content (AvgIpc) is 3.11. The van der Waals surface area contributed by atoms with Gasteiger partial charge < -0.3 is 11.1 Å². The Hall–Kier alpha value is -3.14. The maximum atomic E-state index is 12.6. The van der Waals surface area contributed by atoms with Gasteiger partial charge in [-0.3, -0.25) is 30.0 Å². The summed E-state index contributed by atoms with van der Waals surface area (Å²) in [6.07, 6.45) is -0.199. The fourth-order valence-corrected chi connectivity index (χ4v) is 4.36. The number of hydrogen-bond donors (Lipinski definition) is 4. The lowest BCUT2D eigenvalue weighted by molar-refractivity contribution is -0.124. The number of thiophene rings is 1. The molecule has 2 aromatic carbocycles. The first kappa shape index (κ1) is 23.5. The number of amides is 4. The molecule has 0 bridgehead atoms. The first-order chi connectivity index (χ1) is 15.3. The Morgan fingerprint density at radius 3 is 2.28 bits per heavy atom. The highest BCUT2D eigenvalue weighted by atomic mass is 35.5. The smallest absolute Gasteiger partial charge is 0.281 e. The van der Waals surface area contributed by atoms with E-state index in [2.05, 4.69) is 16.2 Å². The minimum Gasteiger partial charge on any atom is -0.370 e. The molecule has 1 aromatic heterocycles. The van der Waals surface area contributed by atoms with Gasteiger partial charge in [-0.2, -0.15) is 0 Å². The minimum absolute atomic E-state index is 0.0555. The molecule has 8 nitrogen and oxygen atoms in total. The molecule has 1 heterocycles. The molecular formula is C21H18Cl2N4O4S. The summed E-state index contributed by atoms with van der Waals surface area (Å²) in [4.78, 5) is 49.0. The summed E-state index contributed by atoms with van der Waals surface area (Å²) in [6, 6.07) is 12.2. The van der Waals surface area contributed by atoms with Crippen LogP contribution in [0.5, 0.6) is 0 Å². The molecule has 1 atom stereocenters. The number of hydrogen-bond acceptors (Lipinski definition) is 5. The quantitative estimate of drug-likeness (QED) is 0.377. The summed E-state index contributed by atoms with van der Waals surface area (Å²) in [7, 11) is 0. The zero-order valence-corrected chi connectivity index (χ0v) is 18.8. The van der Waals surface area contributed by atoms with Gasteiger partial charge in [0.15, 0.2) is 0 Å². The van der Waals surface area contributed by atoms with Gasteiger partial charge in [-0.1, -0.05) is 41.4 Å². The van der Waals surface area contributed by atoms with Crippen LogP contribution in [0.25, 0.3) is 10.1 Å². The fraction of sp³-hybridized carbons (Fsp3) is 0.143. The van der Waals surface area contributed by atoms with Gasteiger partial charge in [0.1, 0.15) is 10.9 Å². The van der Waals surface area contributed by atoms with Gasteiger partial charge in [0, 0.05) is 27.1 Å². The summed E-state index contributed by atoms with van der Waals surface area (Å²) in [5.41, 5.74) is 10.00. The minimum atomic E-state index is -1.12. The first-order valence-corrected chi connectivity index (χ1v) is 11.0. The van der Waals surface area contributed by atoms with E-state index in [0.29, 0.717) is 5.02 Å². The molecule has 0 saturated carbocycles. The Labute approximate surface area is 197 Å². The molecule has 0 radical (unpaired) electrons. The molecule has 166 valence electrons. The van der Waals surface area contributed by atoms with Crippen molar-refractivity contribution in [2.45, 2.75) is 18.9 Å². The average molecular weight is 493 g/mol. The maximum absolute atomic E-state index is 12.6. The third-order valence-electron chi connectivity index (χ3n) is 4.45. The summed E-state index contributed by atoms with van der Waals surface area (Å²) in [5.74, 6) is -2.52. The van der Waals surface area contributed by atoms with Crippen LogP contribution in [-0.4, -0.2) is 29.7 Å². The Bertz CT molecular complexity index is 1180. The highest BCUT2D eigenvalue weighted by molar-refractivity contribution is 7.21. The van der Waals surface area contributed by atoms with Crippen LogP contribution in [-0.2, 0) is 9.59 Å². The topological polar surface area (TPSA) is 130 Å². The summed E-state index contributed by atoms with van der Waals surface area (Å²) >= 11 is 13.3. The van der Waals surface area contributed by atoms with Crippen molar-refractivity contribution in [3.63, 3.8) is 0 Å². The van der Waals surface area contributed by atoms with Crippen molar-refractivity contribution >= 4 is 68.3 Å². The van der Waals surface area contributed by atoms with Crippen molar-refractivity contribution < 1.29 is 19.2 Å². The number of benzene rings is 2. The zero-order chi connectivity index (χ0) is 23.3. The van der Waals surface area contributed by atoms with Crippen LogP contribution in [0.2, 0.25) is 10.0 Å². The second-order valence-corrected chi connectivity index (χ2v) is 8.59. The molecule has 32 heavy (non-hydrogen) atoms.